The number of nitrogens with zero attached hydrogens (tertiary/aromatic N) is 1. The van der Waals surface area contributed by atoms with Gasteiger partial charge in [-0.2, -0.15) is 0 Å². The third kappa shape index (κ3) is 4.30. The molecule has 0 bridgehead atoms. The van der Waals surface area contributed by atoms with Gasteiger partial charge in [0.25, 0.3) is 0 Å². The van der Waals surface area contributed by atoms with Gasteiger partial charge in [-0.3, -0.25) is 4.79 Å². The van der Waals surface area contributed by atoms with Crippen molar-refractivity contribution in [1.29, 1.82) is 0 Å². The molecule has 0 aliphatic carbocycles. The molecule has 2 aromatic carbocycles. The monoisotopic (exact) mass is 357 g/mol. The number of ether oxygens (including phenoxy) is 1. The largest absolute Gasteiger partial charge is 0.495 e. The SMILES string of the molecule is COc1ccccc1NC(=O)N[C@H]1CC(=O)N(Cc2cccc(F)c2)C1. The first-order chi connectivity index (χ1) is 12.5. The fourth-order valence-corrected chi connectivity index (χ4v) is 2.97. The second kappa shape index (κ2) is 7.86. The van der Waals surface area contributed by atoms with Crippen molar-refractivity contribution in [1.82, 2.24) is 10.2 Å². The summed E-state index contributed by atoms with van der Waals surface area (Å²) in [6, 6.07) is 12.5. The molecule has 1 heterocycles. The van der Waals surface area contributed by atoms with E-state index < -0.39 is 6.03 Å². The molecule has 1 aliphatic heterocycles. The molecular weight excluding hydrogens is 337 g/mol. The average Bonchev–Trinajstić information content (AvgIpc) is 2.94. The minimum atomic E-state index is -0.403. The Hall–Kier alpha value is -3.09. The number of amides is 3. The van der Waals surface area contributed by atoms with Crippen molar-refractivity contribution in [2.75, 3.05) is 19.0 Å². The molecule has 1 atom stereocenters. The maximum absolute atomic E-state index is 13.3. The zero-order chi connectivity index (χ0) is 18.5. The molecule has 2 N–H and O–H groups in total. The summed E-state index contributed by atoms with van der Waals surface area (Å²) in [7, 11) is 1.53. The molecule has 2 aromatic rings. The van der Waals surface area contributed by atoms with Gasteiger partial charge < -0.3 is 20.3 Å². The van der Waals surface area contributed by atoms with E-state index in [1.54, 1.807) is 35.2 Å². The number of carbonyl (C=O) groups excluding carboxylic acids is 2. The Balaban J connectivity index is 1.56. The Morgan fingerprint density at radius 3 is 2.85 bits per heavy atom. The molecule has 6 nitrogen and oxygen atoms in total. The topological polar surface area (TPSA) is 70.7 Å². The van der Waals surface area contributed by atoms with Gasteiger partial charge in [-0.1, -0.05) is 24.3 Å². The predicted molar refractivity (Wildman–Crippen MR) is 95.4 cm³/mol. The lowest BCUT2D eigenvalue weighted by Gasteiger charge is -2.18. The quantitative estimate of drug-likeness (QED) is 0.864. The van der Waals surface area contributed by atoms with Crippen molar-refractivity contribution in [3.05, 3.63) is 59.9 Å². The van der Waals surface area contributed by atoms with Crippen molar-refractivity contribution in [2.24, 2.45) is 0 Å². The minimum Gasteiger partial charge on any atom is -0.495 e. The van der Waals surface area contributed by atoms with Gasteiger partial charge in [0.1, 0.15) is 11.6 Å². The summed E-state index contributed by atoms with van der Waals surface area (Å²) in [6.07, 6.45) is 0.217. The number of methoxy groups -OCH3 is 1. The van der Waals surface area contributed by atoms with E-state index in [-0.39, 0.29) is 24.2 Å². The summed E-state index contributed by atoms with van der Waals surface area (Å²) in [5.74, 6) is 0.148. The van der Waals surface area contributed by atoms with Crippen molar-refractivity contribution >= 4 is 17.6 Å². The van der Waals surface area contributed by atoms with Crippen LogP contribution in [-0.2, 0) is 11.3 Å². The molecule has 0 saturated carbocycles. The molecule has 26 heavy (non-hydrogen) atoms. The number of halogens is 1. The van der Waals surface area contributed by atoms with Crippen LogP contribution in [0.1, 0.15) is 12.0 Å². The van der Waals surface area contributed by atoms with Crippen LogP contribution in [0.5, 0.6) is 5.75 Å². The van der Waals surface area contributed by atoms with Gasteiger partial charge in [0.2, 0.25) is 5.91 Å². The van der Waals surface area contributed by atoms with Crippen LogP contribution in [0.25, 0.3) is 0 Å². The van der Waals surface area contributed by atoms with E-state index in [1.807, 2.05) is 6.07 Å². The third-order valence-electron chi connectivity index (χ3n) is 4.17. The first-order valence-electron chi connectivity index (χ1n) is 8.28. The molecule has 1 aliphatic rings. The standard InChI is InChI=1S/C19H20FN3O3/c1-26-17-8-3-2-7-16(17)22-19(25)21-15-10-18(24)23(12-15)11-13-5-4-6-14(20)9-13/h2-9,15H,10-12H2,1H3,(H2,21,22,25)/t15-/m0/s1. The maximum Gasteiger partial charge on any atom is 0.319 e. The number of nitrogens with one attached hydrogen (secondary N) is 2. The molecule has 3 rings (SSSR count). The van der Waals surface area contributed by atoms with E-state index in [1.165, 1.54) is 19.2 Å². The Labute approximate surface area is 150 Å². The number of hydrogen-bond donors (Lipinski definition) is 2. The van der Waals surface area contributed by atoms with Crippen LogP contribution in [0.3, 0.4) is 0 Å². The zero-order valence-corrected chi connectivity index (χ0v) is 14.4. The number of benzene rings is 2. The lowest BCUT2D eigenvalue weighted by Crippen LogP contribution is -2.39. The number of likely N-dealkylation sites (tertiary alicyclic amines) is 1. The van der Waals surface area contributed by atoms with Crippen LogP contribution < -0.4 is 15.4 Å². The van der Waals surface area contributed by atoms with Crippen molar-refractivity contribution < 1.29 is 18.7 Å². The molecule has 0 radical (unpaired) electrons. The molecular formula is C19H20FN3O3. The van der Waals surface area contributed by atoms with Gasteiger partial charge >= 0.3 is 6.03 Å². The van der Waals surface area contributed by atoms with Crippen molar-refractivity contribution in [3.8, 4) is 5.75 Å². The molecule has 0 aromatic heterocycles. The lowest BCUT2D eigenvalue weighted by atomic mass is 10.2. The number of para-hydroxylation sites is 2. The Morgan fingerprint density at radius 1 is 1.27 bits per heavy atom. The molecule has 1 fully saturated rings. The fraction of sp³-hybridized carbons (Fsp3) is 0.263. The van der Waals surface area contributed by atoms with Crippen LogP contribution >= 0.6 is 0 Å². The van der Waals surface area contributed by atoms with Crippen LogP contribution in [0.2, 0.25) is 0 Å². The minimum absolute atomic E-state index is 0.0724. The van der Waals surface area contributed by atoms with E-state index in [9.17, 15) is 14.0 Å². The summed E-state index contributed by atoms with van der Waals surface area (Å²) in [6.45, 7) is 0.706. The highest BCUT2D eigenvalue weighted by Crippen LogP contribution is 2.23. The van der Waals surface area contributed by atoms with E-state index in [2.05, 4.69) is 10.6 Å². The van der Waals surface area contributed by atoms with Gasteiger partial charge in [0, 0.05) is 19.5 Å². The summed E-state index contributed by atoms with van der Waals surface area (Å²) in [5.41, 5.74) is 1.27. The van der Waals surface area contributed by atoms with Gasteiger partial charge in [0.05, 0.1) is 18.8 Å². The van der Waals surface area contributed by atoms with E-state index in [0.29, 0.717) is 24.5 Å². The number of urea groups is 1. The Kier molecular flexibility index (Phi) is 5.36. The summed E-state index contributed by atoms with van der Waals surface area (Å²) in [4.78, 5) is 26.0. The molecule has 136 valence electrons. The predicted octanol–water partition coefficient (Wildman–Crippen LogP) is 2.76. The lowest BCUT2D eigenvalue weighted by molar-refractivity contribution is -0.128. The van der Waals surface area contributed by atoms with E-state index in [0.717, 1.165) is 5.56 Å². The van der Waals surface area contributed by atoms with E-state index >= 15 is 0 Å². The second-order valence-electron chi connectivity index (χ2n) is 6.10. The molecule has 1 saturated heterocycles. The van der Waals surface area contributed by atoms with Crippen LogP contribution in [0, 0.1) is 5.82 Å². The van der Waals surface area contributed by atoms with Gasteiger partial charge in [0.15, 0.2) is 0 Å². The van der Waals surface area contributed by atoms with Gasteiger partial charge in [-0.25, -0.2) is 9.18 Å². The van der Waals surface area contributed by atoms with Crippen LogP contribution in [-0.4, -0.2) is 36.5 Å². The van der Waals surface area contributed by atoms with E-state index in [4.69, 9.17) is 4.74 Å². The fourth-order valence-electron chi connectivity index (χ4n) is 2.97. The van der Waals surface area contributed by atoms with Gasteiger partial charge in [-0.15, -0.1) is 0 Å². The number of hydrogen-bond acceptors (Lipinski definition) is 3. The van der Waals surface area contributed by atoms with Crippen LogP contribution in [0.15, 0.2) is 48.5 Å². The second-order valence-corrected chi connectivity index (χ2v) is 6.10. The van der Waals surface area contributed by atoms with Crippen LogP contribution in [0.4, 0.5) is 14.9 Å². The summed E-state index contributed by atoms with van der Waals surface area (Å²) >= 11 is 0. The molecule has 0 spiro atoms. The molecule has 7 heteroatoms. The third-order valence-corrected chi connectivity index (χ3v) is 4.17. The first-order valence-corrected chi connectivity index (χ1v) is 8.28. The Morgan fingerprint density at radius 2 is 2.08 bits per heavy atom. The smallest absolute Gasteiger partial charge is 0.319 e. The van der Waals surface area contributed by atoms with Gasteiger partial charge in [-0.05, 0) is 29.8 Å². The number of rotatable bonds is 5. The average molecular weight is 357 g/mol. The Bertz CT molecular complexity index is 812. The summed E-state index contributed by atoms with van der Waals surface area (Å²) in [5, 5.41) is 5.51. The first kappa shape index (κ1) is 17.7. The number of anilines is 1. The normalized spacial score (nSPS) is 16.5. The number of carbonyl (C=O) groups is 2. The highest BCUT2D eigenvalue weighted by Gasteiger charge is 2.30. The van der Waals surface area contributed by atoms with Crippen molar-refractivity contribution in [2.45, 2.75) is 19.0 Å². The summed E-state index contributed by atoms with van der Waals surface area (Å²) < 4.78 is 18.5. The highest BCUT2D eigenvalue weighted by molar-refractivity contribution is 5.92. The molecule has 3 amide bonds. The van der Waals surface area contributed by atoms with Crippen molar-refractivity contribution in [3.63, 3.8) is 0 Å². The molecule has 0 unspecified atom stereocenters. The zero-order valence-electron chi connectivity index (χ0n) is 14.4. The highest BCUT2D eigenvalue weighted by atomic mass is 19.1. The maximum atomic E-state index is 13.3.